The Morgan fingerprint density at radius 3 is 1.38 bits per heavy atom. The van der Waals surface area contributed by atoms with E-state index in [9.17, 15) is 14.4 Å². The van der Waals surface area contributed by atoms with Gasteiger partial charge in [0.25, 0.3) is 0 Å². The third-order valence-corrected chi connectivity index (χ3v) is 6.99. The second kappa shape index (κ2) is 17.4. The summed E-state index contributed by atoms with van der Waals surface area (Å²) in [6, 6.07) is 0. The standard InChI is InChI=1S/C20H38O5S/c1-2-3-4-5-6-7-8-9-10-11-12-13-20(25)26(16-14-18(21)22)17-15-19(23)24/h26H,2-17H2,1H3,(H,21,22)(H,23,24). The number of carbonyl (C=O) groups excluding carboxylic acids is 1. The lowest BCUT2D eigenvalue weighted by Crippen LogP contribution is -2.12. The molecule has 0 aliphatic carbocycles. The Balaban J connectivity index is 3.76. The minimum absolute atomic E-state index is 0.0463. The predicted octanol–water partition coefficient (Wildman–Crippen LogP) is 5.16. The molecule has 0 aliphatic heterocycles. The van der Waals surface area contributed by atoms with Gasteiger partial charge in [-0.1, -0.05) is 71.1 Å². The molecule has 0 rings (SSSR count). The fraction of sp³-hybridized carbons (Fsp3) is 0.850. The Labute approximate surface area is 161 Å². The molecule has 26 heavy (non-hydrogen) atoms. The van der Waals surface area contributed by atoms with Crippen molar-refractivity contribution in [2.24, 2.45) is 0 Å². The number of rotatable bonds is 18. The summed E-state index contributed by atoms with van der Waals surface area (Å²) in [5.74, 6) is -1.21. The second-order valence-electron chi connectivity index (χ2n) is 6.95. The van der Waals surface area contributed by atoms with Crippen LogP contribution in [0.15, 0.2) is 0 Å². The van der Waals surface area contributed by atoms with Crippen molar-refractivity contribution in [3.05, 3.63) is 0 Å². The van der Waals surface area contributed by atoms with Crippen molar-refractivity contribution < 1.29 is 24.6 Å². The van der Waals surface area contributed by atoms with E-state index in [-0.39, 0.29) is 18.0 Å². The van der Waals surface area contributed by atoms with Crippen LogP contribution in [0.25, 0.3) is 0 Å². The molecule has 0 saturated heterocycles. The van der Waals surface area contributed by atoms with Crippen molar-refractivity contribution in [1.82, 2.24) is 0 Å². The number of hydrogen-bond acceptors (Lipinski definition) is 3. The van der Waals surface area contributed by atoms with E-state index >= 15 is 0 Å². The summed E-state index contributed by atoms with van der Waals surface area (Å²) < 4.78 is 0. The summed E-state index contributed by atoms with van der Waals surface area (Å²) in [4.78, 5) is 33.7. The van der Waals surface area contributed by atoms with Crippen molar-refractivity contribution in [3.8, 4) is 0 Å². The van der Waals surface area contributed by atoms with Gasteiger partial charge >= 0.3 is 11.9 Å². The quantitative estimate of drug-likeness (QED) is 0.222. The Hall–Kier alpha value is -1.04. The summed E-state index contributed by atoms with van der Waals surface area (Å²) in [7, 11) is -1.13. The number of unbranched alkanes of at least 4 members (excludes halogenated alkanes) is 10. The topological polar surface area (TPSA) is 91.7 Å². The first-order valence-electron chi connectivity index (χ1n) is 10.2. The lowest BCUT2D eigenvalue weighted by molar-refractivity contribution is -0.137. The molecule has 0 bridgehead atoms. The van der Waals surface area contributed by atoms with Crippen LogP contribution < -0.4 is 0 Å². The van der Waals surface area contributed by atoms with E-state index < -0.39 is 22.8 Å². The third kappa shape index (κ3) is 16.4. The van der Waals surface area contributed by atoms with Crippen molar-refractivity contribution in [3.63, 3.8) is 0 Å². The zero-order valence-electron chi connectivity index (χ0n) is 16.4. The first kappa shape index (κ1) is 25.0. The number of hydrogen-bond donors (Lipinski definition) is 3. The maximum absolute atomic E-state index is 12.3. The minimum Gasteiger partial charge on any atom is -0.481 e. The van der Waals surface area contributed by atoms with Crippen LogP contribution in [-0.4, -0.2) is 38.8 Å². The van der Waals surface area contributed by atoms with Crippen molar-refractivity contribution in [2.75, 3.05) is 11.5 Å². The van der Waals surface area contributed by atoms with E-state index in [4.69, 9.17) is 10.2 Å². The van der Waals surface area contributed by atoms with Gasteiger partial charge in [-0.2, -0.15) is 10.9 Å². The van der Waals surface area contributed by atoms with Gasteiger partial charge in [-0.05, 0) is 17.9 Å². The molecule has 0 fully saturated rings. The van der Waals surface area contributed by atoms with Crippen LogP contribution in [0, 0.1) is 0 Å². The first-order valence-corrected chi connectivity index (χ1v) is 11.9. The van der Waals surface area contributed by atoms with Crippen molar-refractivity contribution in [1.29, 1.82) is 0 Å². The van der Waals surface area contributed by atoms with Crippen molar-refractivity contribution >= 4 is 27.9 Å². The van der Waals surface area contributed by atoms with Crippen LogP contribution in [-0.2, 0) is 14.4 Å². The van der Waals surface area contributed by atoms with Gasteiger partial charge in [0.2, 0.25) is 0 Å². The molecular weight excluding hydrogens is 352 g/mol. The fourth-order valence-corrected chi connectivity index (χ4v) is 5.04. The zero-order chi connectivity index (χ0) is 19.6. The van der Waals surface area contributed by atoms with Gasteiger partial charge in [-0.15, -0.1) is 0 Å². The van der Waals surface area contributed by atoms with Crippen LogP contribution in [0.4, 0.5) is 0 Å². The van der Waals surface area contributed by atoms with E-state index in [0.29, 0.717) is 17.9 Å². The maximum atomic E-state index is 12.3. The summed E-state index contributed by atoms with van der Waals surface area (Å²) in [6.07, 6.45) is 13.8. The zero-order valence-corrected chi connectivity index (χ0v) is 17.3. The first-order chi connectivity index (χ1) is 12.5. The fourth-order valence-electron chi connectivity index (χ4n) is 2.92. The van der Waals surface area contributed by atoms with Crippen LogP contribution in [0.3, 0.4) is 0 Å². The van der Waals surface area contributed by atoms with E-state index in [2.05, 4.69) is 6.92 Å². The number of thiol groups is 1. The SMILES string of the molecule is CCCCCCCCCCCCCC(=O)[SH](CCC(=O)O)CCC(=O)O. The highest BCUT2D eigenvalue weighted by Gasteiger charge is 2.16. The van der Waals surface area contributed by atoms with Gasteiger partial charge in [0.1, 0.15) is 0 Å². The molecule has 0 aromatic carbocycles. The lowest BCUT2D eigenvalue weighted by Gasteiger charge is -2.18. The molecule has 0 unspecified atom stereocenters. The van der Waals surface area contributed by atoms with E-state index in [1.54, 1.807) is 0 Å². The second-order valence-corrected chi connectivity index (χ2v) is 9.43. The predicted molar refractivity (Wildman–Crippen MR) is 109 cm³/mol. The molecule has 0 atom stereocenters. The van der Waals surface area contributed by atoms with Crippen LogP contribution in [0.5, 0.6) is 0 Å². The monoisotopic (exact) mass is 390 g/mol. The average molecular weight is 391 g/mol. The molecule has 0 amide bonds. The van der Waals surface area contributed by atoms with Crippen LogP contribution in [0.1, 0.15) is 96.8 Å². The Morgan fingerprint density at radius 1 is 0.615 bits per heavy atom. The minimum atomic E-state index is -1.13. The number of carboxylic acid groups (broad SMARTS) is 2. The molecular formula is C20H38O5S. The van der Waals surface area contributed by atoms with Gasteiger partial charge in [0.15, 0.2) is 5.12 Å². The number of carboxylic acids is 2. The molecule has 0 saturated carbocycles. The molecule has 0 radical (unpaired) electrons. The van der Waals surface area contributed by atoms with Crippen LogP contribution in [0.2, 0.25) is 0 Å². The Kier molecular flexibility index (Phi) is 16.7. The Morgan fingerprint density at radius 2 is 1.00 bits per heavy atom. The highest BCUT2D eigenvalue weighted by atomic mass is 32.2. The molecule has 0 spiro atoms. The van der Waals surface area contributed by atoms with Gasteiger partial charge in [-0.25, -0.2) is 0 Å². The van der Waals surface area contributed by atoms with E-state index in [1.165, 1.54) is 51.4 Å². The Bertz CT molecular complexity index is 380. The normalized spacial score (nSPS) is 11.3. The van der Waals surface area contributed by atoms with Gasteiger partial charge in [0, 0.05) is 6.42 Å². The number of aliphatic carboxylic acids is 2. The molecule has 5 nitrogen and oxygen atoms in total. The molecule has 0 aromatic heterocycles. The molecule has 154 valence electrons. The molecule has 6 heteroatoms. The van der Waals surface area contributed by atoms with E-state index in [1.807, 2.05) is 0 Å². The van der Waals surface area contributed by atoms with E-state index in [0.717, 1.165) is 19.3 Å². The summed E-state index contributed by atoms with van der Waals surface area (Å²) in [6.45, 7) is 2.23. The highest BCUT2D eigenvalue weighted by molar-refractivity contribution is 8.29. The maximum Gasteiger partial charge on any atom is 0.304 e. The van der Waals surface area contributed by atoms with Gasteiger partial charge in [-0.3, -0.25) is 14.4 Å². The van der Waals surface area contributed by atoms with Crippen molar-refractivity contribution in [2.45, 2.75) is 96.8 Å². The van der Waals surface area contributed by atoms with Crippen LogP contribution >= 0.6 is 10.9 Å². The number of carbonyl (C=O) groups is 3. The van der Waals surface area contributed by atoms with Gasteiger partial charge in [0.05, 0.1) is 12.8 Å². The average Bonchev–Trinajstić information content (AvgIpc) is 2.59. The molecule has 0 aromatic rings. The highest BCUT2D eigenvalue weighted by Crippen LogP contribution is 2.30. The lowest BCUT2D eigenvalue weighted by atomic mass is 10.1. The molecule has 0 heterocycles. The summed E-state index contributed by atoms with van der Waals surface area (Å²) in [5.41, 5.74) is 0. The largest absolute Gasteiger partial charge is 0.481 e. The van der Waals surface area contributed by atoms with Gasteiger partial charge < -0.3 is 10.2 Å². The third-order valence-electron chi connectivity index (χ3n) is 4.54. The smallest absolute Gasteiger partial charge is 0.304 e. The summed E-state index contributed by atoms with van der Waals surface area (Å²) >= 11 is 0. The molecule has 0 aliphatic rings. The summed E-state index contributed by atoms with van der Waals surface area (Å²) in [5, 5.41) is 17.7. The molecule has 2 N–H and O–H groups in total.